The molecule has 0 aliphatic heterocycles. The van der Waals surface area contributed by atoms with E-state index in [9.17, 15) is 4.55 Å². The minimum Gasteiger partial charge on any atom is -0.616 e. The first-order valence-corrected chi connectivity index (χ1v) is 14.6. The van der Waals surface area contributed by atoms with Gasteiger partial charge in [-0.25, -0.2) is 0 Å². The highest BCUT2D eigenvalue weighted by molar-refractivity contribution is 7.91. The summed E-state index contributed by atoms with van der Waals surface area (Å²) < 4.78 is 12.3. The summed E-state index contributed by atoms with van der Waals surface area (Å²) in [6.45, 7) is 2.29. The lowest BCUT2D eigenvalue weighted by Gasteiger charge is -2.12. The van der Waals surface area contributed by atoms with Crippen LogP contribution in [-0.2, 0) is 17.6 Å². The van der Waals surface area contributed by atoms with Crippen LogP contribution < -0.4 is 0 Å². The maximum Gasteiger partial charge on any atom is 0.105 e. The highest BCUT2D eigenvalue weighted by Crippen LogP contribution is 2.20. The van der Waals surface area contributed by atoms with Crippen LogP contribution in [0.5, 0.6) is 0 Å². The molecule has 0 N–H and O–H groups in total. The third-order valence-corrected chi connectivity index (χ3v) is 7.91. The predicted molar refractivity (Wildman–Crippen MR) is 140 cm³/mol. The molecule has 0 amide bonds. The van der Waals surface area contributed by atoms with Crippen LogP contribution in [0.1, 0.15) is 109 Å². The molecule has 1 unspecified atom stereocenters. The molecule has 0 radical (unpaired) electrons. The molecule has 0 bridgehead atoms. The Kier molecular flexibility index (Phi) is 14.9. The average Bonchev–Trinajstić information content (AvgIpc) is 2.79. The fraction of sp³-hybridized carbons (Fsp3) is 0.655. The van der Waals surface area contributed by atoms with Crippen molar-refractivity contribution in [1.29, 1.82) is 0 Å². The summed E-state index contributed by atoms with van der Waals surface area (Å²) >= 11 is -0.644. The van der Waals surface area contributed by atoms with Gasteiger partial charge in [0.1, 0.15) is 11.5 Å². The van der Waals surface area contributed by atoms with E-state index in [-0.39, 0.29) is 0 Å². The second kappa shape index (κ2) is 17.6. The fourth-order valence-corrected chi connectivity index (χ4v) is 5.69. The highest BCUT2D eigenvalue weighted by atomic mass is 32.2. The summed E-state index contributed by atoms with van der Waals surface area (Å²) in [6, 6.07) is 15.1. The molecule has 0 aliphatic carbocycles. The van der Waals surface area contributed by atoms with Crippen LogP contribution in [0.2, 0.25) is 0 Å². The lowest BCUT2D eigenvalue weighted by molar-refractivity contribution is 0.537. The monoisotopic (exact) mass is 442 g/mol. The van der Waals surface area contributed by atoms with E-state index >= 15 is 0 Å². The molecule has 0 aliphatic rings. The molecule has 0 saturated carbocycles. The maximum atomic E-state index is 12.3. The molecule has 0 fully saturated rings. The Balaban J connectivity index is 1.39. The van der Waals surface area contributed by atoms with Gasteiger partial charge in [-0.15, -0.1) is 0 Å². The lowest BCUT2D eigenvalue weighted by Crippen LogP contribution is -2.12. The van der Waals surface area contributed by atoms with Crippen molar-refractivity contribution in [1.82, 2.24) is 0 Å². The molecule has 0 heterocycles. The summed E-state index contributed by atoms with van der Waals surface area (Å²) in [5.74, 6) is 1.75. The lowest BCUT2D eigenvalue weighted by atomic mass is 10.0. The van der Waals surface area contributed by atoms with Crippen LogP contribution in [0.15, 0.2) is 42.5 Å². The number of hydrogen-bond donors (Lipinski definition) is 0. The molecule has 2 aromatic carbocycles. The number of unbranched alkanes of at least 4 members (excludes halogenated alkanes) is 13. The molecule has 31 heavy (non-hydrogen) atoms. The SMILES string of the molecule is CCCCCCCCCCCCCCCC[S+]([O-])CCCc1cccc2ccccc12. The molecule has 2 aromatic rings. The number of fused-ring (bicyclic) bond motifs is 1. The zero-order valence-electron chi connectivity index (χ0n) is 20.1. The molecule has 0 aromatic heterocycles. The Bertz CT molecular complexity index is 678. The molecule has 174 valence electrons. The van der Waals surface area contributed by atoms with Crippen molar-refractivity contribution in [2.24, 2.45) is 0 Å². The second-order valence-corrected chi connectivity index (χ2v) is 10.9. The number of benzene rings is 2. The normalized spacial score (nSPS) is 12.5. The zero-order chi connectivity index (χ0) is 22.0. The zero-order valence-corrected chi connectivity index (χ0v) is 20.9. The van der Waals surface area contributed by atoms with Crippen LogP contribution >= 0.6 is 0 Å². The average molecular weight is 443 g/mol. The van der Waals surface area contributed by atoms with Crippen molar-refractivity contribution in [2.45, 2.75) is 110 Å². The van der Waals surface area contributed by atoms with E-state index in [4.69, 9.17) is 0 Å². The summed E-state index contributed by atoms with van der Waals surface area (Å²) in [5, 5.41) is 2.66. The van der Waals surface area contributed by atoms with Crippen LogP contribution in [0.4, 0.5) is 0 Å². The molecule has 2 heteroatoms. The number of rotatable bonds is 19. The van der Waals surface area contributed by atoms with Gasteiger partial charge in [-0.05, 0) is 42.0 Å². The molecular formula is C29H46OS. The van der Waals surface area contributed by atoms with Gasteiger partial charge in [-0.1, -0.05) is 138 Å². The molecule has 0 saturated heterocycles. The summed E-state index contributed by atoms with van der Waals surface area (Å²) in [5.41, 5.74) is 1.39. The third kappa shape index (κ3) is 12.0. The summed E-state index contributed by atoms with van der Waals surface area (Å²) in [4.78, 5) is 0. The van der Waals surface area contributed by atoms with E-state index in [0.29, 0.717) is 0 Å². The van der Waals surface area contributed by atoms with Crippen molar-refractivity contribution in [3.05, 3.63) is 48.0 Å². The van der Waals surface area contributed by atoms with Gasteiger partial charge in [-0.2, -0.15) is 0 Å². The smallest absolute Gasteiger partial charge is 0.105 e. The van der Waals surface area contributed by atoms with Gasteiger partial charge >= 0.3 is 0 Å². The van der Waals surface area contributed by atoms with Crippen molar-refractivity contribution >= 4 is 21.9 Å². The topological polar surface area (TPSA) is 23.1 Å². The van der Waals surface area contributed by atoms with E-state index in [1.165, 1.54) is 99.8 Å². The first-order chi connectivity index (χ1) is 15.3. The Morgan fingerprint density at radius 1 is 0.581 bits per heavy atom. The Morgan fingerprint density at radius 3 is 1.74 bits per heavy atom. The van der Waals surface area contributed by atoms with Crippen LogP contribution in [0, 0.1) is 0 Å². The van der Waals surface area contributed by atoms with Crippen LogP contribution in [0.3, 0.4) is 0 Å². The molecule has 1 atom stereocenters. The van der Waals surface area contributed by atoms with Crippen LogP contribution in [-0.4, -0.2) is 16.1 Å². The minimum absolute atomic E-state index is 0.644. The summed E-state index contributed by atoms with van der Waals surface area (Å²) in [7, 11) is 0. The first kappa shape index (κ1) is 26.3. The van der Waals surface area contributed by atoms with Gasteiger partial charge < -0.3 is 4.55 Å². The van der Waals surface area contributed by atoms with Gasteiger partial charge in [0.05, 0.1) is 0 Å². The van der Waals surface area contributed by atoms with E-state index in [1.807, 2.05) is 0 Å². The number of aryl methyl sites for hydroxylation is 1. The third-order valence-electron chi connectivity index (χ3n) is 6.42. The van der Waals surface area contributed by atoms with E-state index in [0.717, 1.165) is 30.8 Å². The van der Waals surface area contributed by atoms with E-state index in [2.05, 4.69) is 49.4 Å². The van der Waals surface area contributed by atoms with Crippen molar-refractivity contribution in [3.8, 4) is 0 Å². The van der Waals surface area contributed by atoms with Gasteiger partial charge in [0, 0.05) is 0 Å². The largest absolute Gasteiger partial charge is 0.616 e. The predicted octanol–water partition coefficient (Wildman–Crippen LogP) is 9.00. The van der Waals surface area contributed by atoms with Crippen molar-refractivity contribution in [2.75, 3.05) is 11.5 Å². The first-order valence-electron chi connectivity index (χ1n) is 13.1. The van der Waals surface area contributed by atoms with Crippen molar-refractivity contribution < 1.29 is 4.55 Å². The quantitative estimate of drug-likeness (QED) is 0.157. The van der Waals surface area contributed by atoms with Crippen LogP contribution in [0.25, 0.3) is 10.8 Å². The van der Waals surface area contributed by atoms with Crippen molar-refractivity contribution in [3.63, 3.8) is 0 Å². The van der Waals surface area contributed by atoms with Gasteiger partial charge in [0.15, 0.2) is 0 Å². The fourth-order valence-electron chi connectivity index (χ4n) is 4.49. The van der Waals surface area contributed by atoms with Gasteiger partial charge in [0.2, 0.25) is 0 Å². The molecule has 0 spiro atoms. The number of hydrogen-bond acceptors (Lipinski definition) is 1. The Labute approximate surface area is 195 Å². The standard InChI is InChI=1S/C29H46OS/c1-2-3-4-5-6-7-8-9-10-11-12-13-14-17-25-31(30)26-19-23-28-22-18-21-27-20-15-16-24-29(27)28/h15-16,18,20-22,24H,2-14,17,19,23,25-26H2,1H3. The van der Waals surface area contributed by atoms with Gasteiger partial charge in [-0.3, -0.25) is 0 Å². The second-order valence-electron chi connectivity index (χ2n) is 9.19. The maximum absolute atomic E-state index is 12.3. The van der Waals surface area contributed by atoms with E-state index < -0.39 is 11.2 Å². The summed E-state index contributed by atoms with van der Waals surface area (Å²) in [6.07, 6.45) is 21.3. The van der Waals surface area contributed by atoms with E-state index in [1.54, 1.807) is 0 Å². The molecular weight excluding hydrogens is 396 g/mol. The van der Waals surface area contributed by atoms with Gasteiger partial charge in [0.25, 0.3) is 0 Å². The Hall–Kier alpha value is -0.990. The Morgan fingerprint density at radius 2 is 1.10 bits per heavy atom. The molecule has 2 rings (SSSR count). The highest BCUT2D eigenvalue weighted by Gasteiger charge is 2.07. The minimum atomic E-state index is -0.644. The molecule has 1 nitrogen and oxygen atoms in total.